The van der Waals surface area contributed by atoms with E-state index in [9.17, 15) is 9.59 Å². The molecule has 0 aliphatic carbocycles. The van der Waals surface area contributed by atoms with Crippen molar-refractivity contribution in [3.05, 3.63) is 59.7 Å². The molecule has 1 N–H and O–H groups in total. The monoisotopic (exact) mass is 320 g/mol. The van der Waals surface area contributed by atoms with Gasteiger partial charge < -0.3 is 10.1 Å². The minimum absolute atomic E-state index is 0.0594. The van der Waals surface area contributed by atoms with Crippen LogP contribution in [0.1, 0.15) is 23.2 Å². The molecule has 24 heavy (non-hydrogen) atoms. The summed E-state index contributed by atoms with van der Waals surface area (Å²) in [5.41, 5.74) is 2.92. The van der Waals surface area contributed by atoms with Crippen LogP contribution in [0.3, 0.4) is 0 Å². The molecule has 4 atom stereocenters. The van der Waals surface area contributed by atoms with Gasteiger partial charge in [-0.1, -0.05) is 24.3 Å². The number of carbonyl (C=O) groups is 2. The van der Waals surface area contributed by atoms with Crippen molar-refractivity contribution in [1.29, 1.82) is 0 Å². The van der Waals surface area contributed by atoms with Gasteiger partial charge in [-0.2, -0.15) is 0 Å². The Morgan fingerprint density at radius 1 is 0.875 bits per heavy atom. The molecule has 0 aromatic heterocycles. The number of anilines is 1. The van der Waals surface area contributed by atoms with E-state index in [1.165, 1.54) is 4.90 Å². The number of benzene rings is 2. The van der Waals surface area contributed by atoms with Gasteiger partial charge in [-0.25, -0.2) is 4.90 Å². The summed E-state index contributed by atoms with van der Waals surface area (Å²) in [5, 5.41) is 3.46. The zero-order chi connectivity index (χ0) is 16.4. The van der Waals surface area contributed by atoms with E-state index in [0.717, 1.165) is 11.1 Å². The van der Waals surface area contributed by atoms with Crippen LogP contribution in [0.25, 0.3) is 0 Å². The number of amides is 2. The molecule has 2 aromatic rings. The number of hydrogen-bond acceptors (Lipinski definition) is 4. The fourth-order valence-corrected chi connectivity index (χ4v) is 4.44. The molecule has 5 rings (SSSR count). The number of fused-ring (bicyclic) bond motifs is 8. The van der Waals surface area contributed by atoms with Crippen LogP contribution < -0.4 is 15.0 Å². The fourth-order valence-electron chi connectivity index (χ4n) is 4.44. The first-order chi connectivity index (χ1) is 11.7. The van der Waals surface area contributed by atoms with Gasteiger partial charge in [0.15, 0.2) is 0 Å². The number of methoxy groups -OCH3 is 1. The summed E-state index contributed by atoms with van der Waals surface area (Å²) in [6, 6.07) is 15.0. The van der Waals surface area contributed by atoms with Crippen molar-refractivity contribution < 1.29 is 14.3 Å². The zero-order valence-electron chi connectivity index (χ0n) is 13.1. The largest absolute Gasteiger partial charge is 0.497 e. The smallest absolute Gasteiger partial charge is 0.239 e. The maximum atomic E-state index is 13.0. The van der Waals surface area contributed by atoms with Gasteiger partial charge in [-0.05, 0) is 35.4 Å². The van der Waals surface area contributed by atoms with E-state index in [1.54, 1.807) is 31.4 Å². The summed E-state index contributed by atoms with van der Waals surface area (Å²) in [6.45, 7) is 0. The lowest BCUT2D eigenvalue weighted by molar-refractivity contribution is -0.123. The third-order valence-electron chi connectivity index (χ3n) is 5.47. The highest BCUT2D eigenvalue weighted by molar-refractivity contribution is 6.23. The van der Waals surface area contributed by atoms with E-state index < -0.39 is 0 Å². The van der Waals surface area contributed by atoms with E-state index in [-0.39, 0.29) is 35.7 Å². The van der Waals surface area contributed by atoms with Gasteiger partial charge in [0, 0.05) is 12.1 Å². The number of imide groups is 1. The Morgan fingerprint density at radius 3 is 1.92 bits per heavy atom. The highest BCUT2D eigenvalue weighted by Gasteiger charge is 2.63. The molecule has 0 unspecified atom stereocenters. The Morgan fingerprint density at radius 2 is 1.42 bits per heavy atom. The minimum atomic E-state index is -0.306. The lowest BCUT2D eigenvalue weighted by Gasteiger charge is -2.21. The van der Waals surface area contributed by atoms with Gasteiger partial charge >= 0.3 is 0 Å². The van der Waals surface area contributed by atoms with Crippen LogP contribution in [-0.4, -0.2) is 18.9 Å². The number of rotatable bonds is 2. The summed E-state index contributed by atoms with van der Waals surface area (Å²) in [4.78, 5) is 27.3. The van der Waals surface area contributed by atoms with E-state index >= 15 is 0 Å². The van der Waals surface area contributed by atoms with Gasteiger partial charge in [0.1, 0.15) is 5.75 Å². The van der Waals surface area contributed by atoms with Crippen LogP contribution in [0, 0.1) is 11.8 Å². The SMILES string of the molecule is COc1ccc(N2C(=O)[C@@H]3[C@H](C2=O)[C@@H]2N[C@H]3c3ccccc32)cc1. The van der Waals surface area contributed by atoms with Crippen molar-refractivity contribution in [3.63, 3.8) is 0 Å². The Bertz CT molecular complexity index is 814. The molecule has 2 saturated heterocycles. The third kappa shape index (κ3) is 1.57. The van der Waals surface area contributed by atoms with Crippen molar-refractivity contribution in [3.8, 4) is 5.75 Å². The number of nitrogens with one attached hydrogen (secondary N) is 1. The number of carbonyl (C=O) groups excluding carboxylic acids is 2. The topological polar surface area (TPSA) is 58.6 Å². The fraction of sp³-hybridized carbons (Fsp3) is 0.263. The van der Waals surface area contributed by atoms with Crippen molar-refractivity contribution in [2.24, 2.45) is 11.8 Å². The molecule has 0 saturated carbocycles. The summed E-state index contributed by atoms with van der Waals surface area (Å²) in [7, 11) is 1.59. The molecule has 120 valence electrons. The molecular weight excluding hydrogens is 304 g/mol. The van der Waals surface area contributed by atoms with Crippen LogP contribution in [0.5, 0.6) is 5.75 Å². The second-order valence-electron chi connectivity index (χ2n) is 6.51. The van der Waals surface area contributed by atoms with Crippen molar-refractivity contribution >= 4 is 17.5 Å². The summed E-state index contributed by atoms with van der Waals surface area (Å²) >= 11 is 0. The minimum Gasteiger partial charge on any atom is -0.497 e. The van der Waals surface area contributed by atoms with Crippen molar-refractivity contribution in [2.75, 3.05) is 12.0 Å². The highest BCUT2D eigenvalue weighted by atomic mass is 16.5. The van der Waals surface area contributed by atoms with Crippen molar-refractivity contribution in [2.45, 2.75) is 12.1 Å². The first kappa shape index (κ1) is 13.7. The molecule has 2 bridgehead atoms. The molecular formula is C19H16N2O3. The predicted molar refractivity (Wildman–Crippen MR) is 87.5 cm³/mol. The van der Waals surface area contributed by atoms with Crippen LogP contribution in [0.15, 0.2) is 48.5 Å². The van der Waals surface area contributed by atoms with Crippen LogP contribution in [0.2, 0.25) is 0 Å². The number of nitrogens with zero attached hydrogens (tertiary/aromatic N) is 1. The molecule has 3 aliphatic rings. The van der Waals surface area contributed by atoms with Gasteiger partial charge in [0.2, 0.25) is 11.8 Å². The summed E-state index contributed by atoms with van der Waals surface area (Å²) in [5.74, 6) is -0.125. The average Bonchev–Trinajstić information content (AvgIpc) is 3.26. The van der Waals surface area contributed by atoms with Crippen molar-refractivity contribution in [1.82, 2.24) is 5.32 Å². The lowest BCUT2D eigenvalue weighted by atomic mass is 9.77. The first-order valence-electron chi connectivity index (χ1n) is 8.07. The van der Waals surface area contributed by atoms with Gasteiger partial charge in [0.05, 0.1) is 24.6 Å². The Hall–Kier alpha value is -2.66. The molecule has 5 heteroatoms. The van der Waals surface area contributed by atoms with Gasteiger partial charge in [0.25, 0.3) is 0 Å². The normalized spacial score (nSPS) is 29.8. The molecule has 5 nitrogen and oxygen atoms in total. The number of hydrogen-bond donors (Lipinski definition) is 1. The van der Waals surface area contributed by atoms with E-state index in [4.69, 9.17) is 4.74 Å². The van der Waals surface area contributed by atoms with E-state index in [1.807, 2.05) is 12.1 Å². The molecule has 2 amide bonds. The standard InChI is InChI=1S/C19H16N2O3/c1-24-11-8-6-10(7-9-11)21-18(22)14-15(19(21)23)17-13-5-3-2-4-12(13)16(14)20-17/h2-9,14-17,20H,1H3/t14-,15+,16+,17-. The molecule has 2 aromatic carbocycles. The van der Waals surface area contributed by atoms with Crippen LogP contribution >= 0.6 is 0 Å². The maximum Gasteiger partial charge on any atom is 0.239 e. The third-order valence-corrected chi connectivity index (χ3v) is 5.47. The maximum absolute atomic E-state index is 13.0. The Kier molecular flexibility index (Phi) is 2.68. The zero-order valence-corrected chi connectivity index (χ0v) is 13.1. The Balaban J connectivity index is 1.55. The number of ether oxygens (including phenoxy) is 1. The summed E-state index contributed by atoms with van der Waals surface area (Å²) in [6.07, 6.45) is 0. The predicted octanol–water partition coefficient (Wildman–Crippen LogP) is 2.20. The Labute approximate surface area is 139 Å². The molecule has 3 heterocycles. The van der Waals surface area contributed by atoms with Crippen LogP contribution in [-0.2, 0) is 9.59 Å². The van der Waals surface area contributed by atoms with Gasteiger partial charge in [-0.15, -0.1) is 0 Å². The molecule has 0 spiro atoms. The second kappa shape index (κ2) is 4.68. The van der Waals surface area contributed by atoms with Gasteiger partial charge in [-0.3, -0.25) is 9.59 Å². The highest BCUT2D eigenvalue weighted by Crippen LogP contribution is 2.56. The van der Waals surface area contributed by atoms with Crippen LogP contribution in [0.4, 0.5) is 5.69 Å². The first-order valence-corrected chi connectivity index (χ1v) is 8.07. The van der Waals surface area contributed by atoms with E-state index in [0.29, 0.717) is 11.4 Å². The van der Waals surface area contributed by atoms with E-state index in [2.05, 4.69) is 17.4 Å². The summed E-state index contributed by atoms with van der Waals surface area (Å²) < 4.78 is 5.15. The average molecular weight is 320 g/mol. The molecule has 3 aliphatic heterocycles. The lowest BCUT2D eigenvalue weighted by Crippen LogP contribution is -2.34. The molecule has 2 fully saturated rings. The molecule has 0 radical (unpaired) electrons. The second-order valence-corrected chi connectivity index (χ2v) is 6.51. The quantitative estimate of drug-likeness (QED) is 0.862.